The summed E-state index contributed by atoms with van der Waals surface area (Å²) in [6.45, 7) is 4.98. The van der Waals surface area contributed by atoms with E-state index in [9.17, 15) is 0 Å². The van der Waals surface area contributed by atoms with Gasteiger partial charge >= 0.3 is 0 Å². The highest BCUT2D eigenvalue weighted by atomic mass is 79.9. The number of halogens is 1. The molecule has 1 aliphatic rings. The molecule has 22 heavy (non-hydrogen) atoms. The van der Waals surface area contributed by atoms with Gasteiger partial charge in [-0.05, 0) is 50.9 Å². The van der Waals surface area contributed by atoms with Gasteiger partial charge in [-0.25, -0.2) is 0 Å². The Balaban J connectivity index is 1.78. The van der Waals surface area contributed by atoms with Crippen LogP contribution in [0.4, 0.5) is 0 Å². The van der Waals surface area contributed by atoms with Crippen LogP contribution in [0.25, 0.3) is 0 Å². The summed E-state index contributed by atoms with van der Waals surface area (Å²) in [5.41, 5.74) is 1.38. The van der Waals surface area contributed by atoms with E-state index in [1.165, 1.54) is 5.56 Å². The molecule has 1 fully saturated rings. The Morgan fingerprint density at radius 1 is 1.36 bits per heavy atom. The van der Waals surface area contributed by atoms with E-state index in [1.807, 2.05) is 13.1 Å². The lowest BCUT2D eigenvalue weighted by atomic mass is 10.0. The number of nitrogens with zero attached hydrogens (tertiary/aromatic N) is 4. The number of benzene rings is 1. The van der Waals surface area contributed by atoms with Crippen molar-refractivity contribution in [3.05, 3.63) is 34.3 Å². The van der Waals surface area contributed by atoms with E-state index in [1.54, 1.807) is 0 Å². The summed E-state index contributed by atoms with van der Waals surface area (Å²) in [5.74, 6) is 0.846. The van der Waals surface area contributed by atoms with Gasteiger partial charge in [0.2, 0.25) is 6.19 Å². The standard InChI is InChI=1S/C17H23BrN4/c1-14(20-13-19)22-11-8-17(9-12-22)21(2)10-7-15-3-5-16(18)6-4-15/h3-6,17H,7-12H2,1-2H3. The van der Waals surface area contributed by atoms with Crippen molar-refractivity contribution >= 4 is 21.8 Å². The zero-order valence-corrected chi connectivity index (χ0v) is 14.9. The third-order valence-electron chi connectivity index (χ3n) is 4.42. The lowest BCUT2D eigenvalue weighted by Crippen LogP contribution is -2.45. The minimum Gasteiger partial charge on any atom is -0.359 e. The first-order valence-electron chi connectivity index (χ1n) is 7.73. The molecule has 0 atom stereocenters. The third kappa shape index (κ3) is 4.82. The lowest BCUT2D eigenvalue weighted by Gasteiger charge is -2.37. The number of nitriles is 1. The Kier molecular flexibility index (Phi) is 6.41. The van der Waals surface area contributed by atoms with Crippen molar-refractivity contribution < 1.29 is 0 Å². The Morgan fingerprint density at radius 3 is 2.59 bits per heavy atom. The number of piperidine rings is 1. The molecule has 0 unspecified atom stereocenters. The SMILES string of the molecule is CC(=NC#N)N1CCC(N(C)CCc2ccc(Br)cc2)CC1. The molecular formula is C17H23BrN4. The average molecular weight is 363 g/mol. The third-order valence-corrected chi connectivity index (χ3v) is 4.95. The Bertz CT molecular complexity index is 539. The summed E-state index contributed by atoms with van der Waals surface area (Å²) >= 11 is 3.47. The second kappa shape index (κ2) is 8.30. The fraction of sp³-hybridized carbons (Fsp3) is 0.529. The zero-order valence-electron chi connectivity index (χ0n) is 13.3. The van der Waals surface area contributed by atoms with Crippen molar-refractivity contribution in [3.63, 3.8) is 0 Å². The van der Waals surface area contributed by atoms with E-state index < -0.39 is 0 Å². The lowest BCUT2D eigenvalue weighted by molar-refractivity contribution is 0.165. The van der Waals surface area contributed by atoms with Crippen LogP contribution in [0.3, 0.4) is 0 Å². The summed E-state index contributed by atoms with van der Waals surface area (Å²) < 4.78 is 1.13. The molecule has 1 heterocycles. The molecule has 1 saturated heterocycles. The number of amidine groups is 1. The van der Waals surface area contributed by atoms with E-state index in [4.69, 9.17) is 5.26 Å². The van der Waals surface area contributed by atoms with Gasteiger partial charge in [-0.3, -0.25) is 0 Å². The largest absolute Gasteiger partial charge is 0.359 e. The second-order valence-corrected chi connectivity index (χ2v) is 6.75. The monoisotopic (exact) mass is 362 g/mol. The molecular weight excluding hydrogens is 340 g/mol. The highest BCUT2D eigenvalue weighted by Crippen LogP contribution is 2.17. The maximum Gasteiger partial charge on any atom is 0.207 e. The zero-order chi connectivity index (χ0) is 15.9. The Labute approximate surface area is 141 Å². The van der Waals surface area contributed by atoms with Crippen LogP contribution < -0.4 is 0 Å². The van der Waals surface area contributed by atoms with Gasteiger partial charge in [-0.1, -0.05) is 28.1 Å². The first-order valence-corrected chi connectivity index (χ1v) is 8.52. The average Bonchev–Trinajstić information content (AvgIpc) is 2.54. The normalized spacial score (nSPS) is 16.9. The predicted molar refractivity (Wildman–Crippen MR) is 93.8 cm³/mol. The molecule has 0 amide bonds. The molecule has 1 aromatic rings. The van der Waals surface area contributed by atoms with Gasteiger partial charge in [0.1, 0.15) is 5.84 Å². The highest BCUT2D eigenvalue weighted by Gasteiger charge is 2.22. The molecule has 0 N–H and O–H groups in total. The molecule has 118 valence electrons. The van der Waals surface area contributed by atoms with Crippen molar-refractivity contribution in [2.45, 2.75) is 32.2 Å². The fourth-order valence-electron chi connectivity index (χ4n) is 2.91. The van der Waals surface area contributed by atoms with Gasteiger partial charge in [0.15, 0.2) is 0 Å². The number of rotatable bonds is 4. The molecule has 0 aromatic heterocycles. The molecule has 1 aliphatic heterocycles. The molecule has 1 aromatic carbocycles. The van der Waals surface area contributed by atoms with E-state index in [-0.39, 0.29) is 0 Å². The number of likely N-dealkylation sites (tertiary alicyclic amines) is 1. The van der Waals surface area contributed by atoms with Gasteiger partial charge in [0.05, 0.1) is 0 Å². The van der Waals surface area contributed by atoms with Crippen LogP contribution in [0.15, 0.2) is 33.7 Å². The van der Waals surface area contributed by atoms with Crippen LogP contribution in [0, 0.1) is 11.5 Å². The van der Waals surface area contributed by atoms with Gasteiger partial charge in [-0.2, -0.15) is 10.3 Å². The maximum atomic E-state index is 8.63. The summed E-state index contributed by atoms with van der Waals surface area (Å²) in [4.78, 5) is 8.51. The maximum absolute atomic E-state index is 8.63. The number of likely N-dealkylation sites (N-methyl/N-ethyl adjacent to an activating group) is 1. The molecule has 0 saturated carbocycles. The van der Waals surface area contributed by atoms with Gasteiger partial charge in [0.25, 0.3) is 0 Å². The van der Waals surface area contributed by atoms with Crippen LogP contribution >= 0.6 is 15.9 Å². The minimum atomic E-state index is 0.626. The predicted octanol–water partition coefficient (Wildman–Crippen LogP) is 3.29. The van der Waals surface area contributed by atoms with Crippen LogP contribution in [-0.4, -0.2) is 48.4 Å². The summed E-state index contributed by atoms with van der Waals surface area (Å²) in [6.07, 6.45) is 5.22. The van der Waals surface area contributed by atoms with Gasteiger partial charge in [0, 0.05) is 30.1 Å². The summed E-state index contributed by atoms with van der Waals surface area (Å²) in [5, 5.41) is 8.63. The fourth-order valence-corrected chi connectivity index (χ4v) is 3.18. The smallest absolute Gasteiger partial charge is 0.207 e. The minimum absolute atomic E-state index is 0.626. The van der Waals surface area contributed by atoms with E-state index in [0.29, 0.717) is 6.04 Å². The molecule has 0 bridgehead atoms. The van der Waals surface area contributed by atoms with Crippen LogP contribution in [0.2, 0.25) is 0 Å². The van der Waals surface area contributed by atoms with Crippen molar-refractivity contribution in [2.75, 3.05) is 26.7 Å². The second-order valence-electron chi connectivity index (χ2n) is 5.83. The molecule has 0 aliphatic carbocycles. The van der Waals surface area contributed by atoms with Crippen molar-refractivity contribution in [1.29, 1.82) is 5.26 Å². The van der Waals surface area contributed by atoms with Crippen LogP contribution in [0.1, 0.15) is 25.3 Å². The summed E-state index contributed by atoms with van der Waals surface area (Å²) in [6, 6.07) is 9.20. The first kappa shape index (κ1) is 17.0. The Morgan fingerprint density at radius 2 is 2.00 bits per heavy atom. The molecule has 4 nitrogen and oxygen atoms in total. The topological polar surface area (TPSA) is 42.6 Å². The van der Waals surface area contributed by atoms with Gasteiger partial charge in [-0.15, -0.1) is 0 Å². The number of hydrogen-bond acceptors (Lipinski definition) is 3. The molecule has 0 radical (unpaired) electrons. The summed E-state index contributed by atoms with van der Waals surface area (Å²) in [7, 11) is 2.22. The Hall–Kier alpha value is -1.38. The van der Waals surface area contributed by atoms with Crippen LogP contribution in [-0.2, 0) is 6.42 Å². The number of hydrogen-bond donors (Lipinski definition) is 0. The van der Waals surface area contributed by atoms with Gasteiger partial charge < -0.3 is 9.80 Å². The molecule has 0 spiro atoms. The van der Waals surface area contributed by atoms with E-state index in [0.717, 1.165) is 49.2 Å². The van der Waals surface area contributed by atoms with Crippen LogP contribution in [0.5, 0.6) is 0 Å². The van der Waals surface area contributed by atoms with Crippen molar-refractivity contribution in [3.8, 4) is 6.19 Å². The highest BCUT2D eigenvalue weighted by molar-refractivity contribution is 9.10. The van der Waals surface area contributed by atoms with E-state index >= 15 is 0 Å². The van der Waals surface area contributed by atoms with Crippen molar-refractivity contribution in [1.82, 2.24) is 9.80 Å². The quantitative estimate of drug-likeness (QED) is 0.468. The number of aliphatic imine (C=N–C) groups is 1. The molecule has 2 rings (SSSR count). The van der Waals surface area contributed by atoms with E-state index in [2.05, 4.69) is 62.0 Å². The first-order chi connectivity index (χ1) is 10.6. The molecule has 5 heteroatoms. The van der Waals surface area contributed by atoms with Crippen molar-refractivity contribution in [2.24, 2.45) is 4.99 Å².